The third-order valence-electron chi connectivity index (χ3n) is 3.97. The molecule has 0 radical (unpaired) electrons. The molecule has 0 bridgehead atoms. The summed E-state index contributed by atoms with van der Waals surface area (Å²) in [4.78, 5) is 12.2. The van der Waals surface area contributed by atoms with Crippen LogP contribution < -0.4 is 5.43 Å². The molecule has 0 atom stereocenters. The van der Waals surface area contributed by atoms with Gasteiger partial charge in [-0.1, -0.05) is 30.3 Å². The second-order valence-electron chi connectivity index (χ2n) is 5.68. The van der Waals surface area contributed by atoms with E-state index < -0.39 is 0 Å². The average Bonchev–Trinajstić information content (AvgIpc) is 2.89. The lowest BCUT2D eigenvalue weighted by molar-refractivity contribution is 0.0954. The van der Waals surface area contributed by atoms with Crippen molar-refractivity contribution in [3.8, 4) is 5.69 Å². The molecule has 1 amide bonds. The van der Waals surface area contributed by atoms with Crippen molar-refractivity contribution in [3.05, 3.63) is 87.7 Å². The summed E-state index contributed by atoms with van der Waals surface area (Å²) in [5.41, 5.74) is 7.38. The van der Waals surface area contributed by atoms with Gasteiger partial charge in [0, 0.05) is 27.1 Å². The second kappa shape index (κ2) is 7.49. The van der Waals surface area contributed by atoms with Crippen LogP contribution in [0.15, 0.2) is 70.2 Å². The normalized spacial score (nSPS) is 11.0. The summed E-state index contributed by atoms with van der Waals surface area (Å²) in [5.74, 6) is -0.249. The lowest BCUT2D eigenvalue weighted by Gasteiger charge is -2.09. The molecular formula is C20H18BrN3O. The van der Waals surface area contributed by atoms with Crippen LogP contribution in [0.2, 0.25) is 0 Å². The number of rotatable bonds is 4. The summed E-state index contributed by atoms with van der Waals surface area (Å²) in [6.45, 7) is 4.09. The third kappa shape index (κ3) is 3.72. The van der Waals surface area contributed by atoms with E-state index in [4.69, 9.17) is 0 Å². The van der Waals surface area contributed by atoms with Crippen LogP contribution in [0, 0.1) is 13.8 Å². The van der Waals surface area contributed by atoms with Crippen molar-refractivity contribution in [1.82, 2.24) is 9.99 Å². The molecule has 0 saturated heterocycles. The first kappa shape index (κ1) is 17.2. The Hall–Kier alpha value is -2.66. The Bertz CT molecular complexity index is 929. The molecular weight excluding hydrogens is 378 g/mol. The number of hydrogen-bond acceptors (Lipinski definition) is 2. The van der Waals surface area contributed by atoms with Crippen molar-refractivity contribution in [1.29, 1.82) is 0 Å². The number of benzene rings is 2. The monoisotopic (exact) mass is 395 g/mol. The molecule has 2 aromatic carbocycles. The highest BCUT2D eigenvalue weighted by molar-refractivity contribution is 9.10. The Labute approximate surface area is 155 Å². The van der Waals surface area contributed by atoms with E-state index >= 15 is 0 Å². The number of nitrogens with one attached hydrogen (secondary N) is 1. The van der Waals surface area contributed by atoms with Gasteiger partial charge >= 0.3 is 0 Å². The lowest BCUT2D eigenvalue weighted by atomic mass is 10.2. The Balaban J connectivity index is 1.79. The zero-order valence-corrected chi connectivity index (χ0v) is 15.6. The van der Waals surface area contributed by atoms with Gasteiger partial charge in [0.25, 0.3) is 5.91 Å². The molecule has 3 rings (SSSR count). The fourth-order valence-electron chi connectivity index (χ4n) is 2.76. The molecule has 0 aliphatic rings. The van der Waals surface area contributed by atoms with Crippen LogP contribution in [0.3, 0.4) is 0 Å². The molecule has 3 aromatic rings. The zero-order valence-electron chi connectivity index (χ0n) is 14.0. The summed E-state index contributed by atoms with van der Waals surface area (Å²) in [7, 11) is 0. The van der Waals surface area contributed by atoms with E-state index in [1.54, 1.807) is 12.3 Å². The van der Waals surface area contributed by atoms with Crippen molar-refractivity contribution in [2.45, 2.75) is 13.8 Å². The fourth-order valence-corrected chi connectivity index (χ4v) is 3.22. The van der Waals surface area contributed by atoms with Crippen molar-refractivity contribution in [3.63, 3.8) is 0 Å². The second-order valence-corrected chi connectivity index (χ2v) is 6.53. The van der Waals surface area contributed by atoms with Crippen LogP contribution in [0.4, 0.5) is 0 Å². The predicted octanol–water partition coefficient (Wildman–Crippen LogP) is 4.62. The number of hydrogen-bond donors (Lipinski definition) is 1. The maximum absolute atomic E-state index is 12.2. The average molecular weight is 396 g/mol. The molecule has 1 N–H and O–H groups in total. The van der Waals surface area contributed by atoms with Crippen molar-refractivity contribution in [2.75, 3.05) is 0 Å². The van der Waals surface area contributed by atoms with Gasteiger partial charge in [-0.25, -0.2) is 5.43 Å². The minimum absolute atomic E-state index is 0.249. The summed E-state index contributed by atoms with van der Waals surface area (Å²) in [5, 5.41) is 4.11. The van der Waals surface area contributed by atoms with Gasteiger partial charge in [-0.15, -0.1) is 0 Å². The Kier molecular flexibility index (Phi) is 5.14. The highest BCUT2D eigenvalue weighted by Gasteiger charge is 2.10. The summed E-state index contributed by atoms with van der Waals surface area (Å²) < 4.78 is 2.90. The minimum atomic E-state index is -0.249. The van der Waals surface area contributed by atoms with E-state index in [-0.39, 0.29) is 5.91 Å². The van der Waals surface area contributed by atoms with Gasteiger partial charge in [-0.2, -0.15) is 5.10 Å². The van der Waals surface area contributed by atoms with E-state index in [2.05, 4.69) is 56.1 Å². The van der Waals surface area contributed by atoms with Gasteiger partial charge < -0.3 is 4.57 Å². The van der Waals surface area contributed by atoms with Gasteiger partial charge in [-0.3, -0.25) is 4.79 Å². The quantitative estimate of drug-likeness (QED) is 0.508. The Morgan fingerprint density at radius 3 is 2.48 bits per heavy atom. The maximum Gasteiger partial charge on any atom is 0.272 e. The number of hydrazone groups is 1. The number of carbonyl (C=O) groups excluding carboxylic acids is 1. The molecule has 126 valence electrons. The standard InChI is InChI=1S/C20H18BrN3O/c1-14-12-16(15(2)24(14)17-8-4-3-5-9-17)13-22-23-20(25)18-10-6-7-11-19(18)21/h3-13H,1-2H3,(H,23,25)/b22-13+. The summed E-state index contributed by atoms with van der Waals surface area (Å²) in [6.07, 6.45) is 1.68. The van der Waals surface area contributed by atoms with E-state index in [0.29, 0.717) is 5.56 Å². The highest BCUT2D eigenvalue weighted by Crippen LogP contribution is 2.19. The number of carbonyl (C=O) groups is 1. The third-order valence-corrected chi connectivity index (χ3v) is 4.66. The van der Waals surface area contributed by atoms with E-state index in [1.165, 1.54) is 0 Å². The molecule has 1 aromatic heterocycles. The molecule has 0 aliphatic carbocycles. The first-order valence-corrected chi connectivity index (χ1v) is 8.69. The molecule has 0 unspecified atom stereocenters. The molecule has 0 saturated carbocycles. The topological polar surface area (TPSA) is 46.4 Å². The molecule has 5 heteroatoms. The molecule has 4 nitrogen and oxygen atoms in total. The highest BCUT2D eigenvalue weighted by atomic mass is 79.9. The summed E-state index contributed by atoms with van der Waals surface area (Å²) >= 11 is 3.37. The number of aryl methyl sites for hydroxylation is 1. The van der Waals surface area contributed by atoms with E-state index in [0.717, 1.165) is 27.1 Å². The molecule has 0 fully saturated rings. The van der Waals surface area contributed by atoms with Crippen LogP contribution in [0.5, 0.6) is 0 Å². The molecule has 25 heavy (non-hydrogen) atoms. The van der Waals surface area contributed by atoms with E-state index in [9.17, 15) is 4.79 Å². The number of halogens is 1. The van der Waals surface area contributed by atoms with Crippen LogP contribution in [0.1, 0.15) is 27.3 Å². The van der Waals surface area contributed by atoms with Crippen molar-refractivity contribution >= 4 is 28.1 Å². The van der Waals surface area contributed by atoms with Crippen LogP contribution >= 0.6 is 15.9 Å². The van der Waals surface area contributed by atoms with Crippen LogP contribution in [0.25, 0.3) is 5.69 Å². The van der Waals surface area contributed by atoms with Gasteiger partial charge in [0.1, 0.15) is 0 Å². The largest absolute Gasteiger partial charge is 0.318 e. The number of para-hydroxylation sites is 1. The first-order valence-electron chi connectivity index (χ1n) is 7.90. The smallest absolute Gasteiger partial charge is 0.272 e. The number of nitrogens with zero attached hydrogens (tertiary/aromatic N) is 2. The van der Waals surface area contributed by atoms with Gasteiger partial charge in [0.15, 0.2) is 0 Å². The fraction of sp³-hybridized carbons (Fsp3) is 0.100. The van der Waals surface area contributed by atoms with Crippen LogP contribution in [-0.4, -0.2) is 16.7 Å². The molecule has 0 spiro atoms. The number of aromatic nitrogens is 1. The zero-order chi connectivity index (χ0) is 17.8. The van der Waals surface area contributed by atoms with Crippen molar-refractivity contribution in [2.24, 2.45) is 5.10 Å². The Morgan fingerprint density at radius 1 is 1.08 bits per heavy atom. The predicted molar refractivity (Wildman–Crippen MR) is 104 cm³/mol. The Morgan fingerprint density at radius 2 is 1.76 bits per heavy atom. The lowest BCUT2D eigenvalue weighted by Crippen LogP contribution is -2.18. The first-order chi connectivity index (χ1) is 12.1. The van der Waals surface area contributed by atoms with Gasteiger partial charge in [0.05, 0.1) is 11.8 Å². The van der Waals surface area contributed by atoms with E-state index in [1.807, 2.05) is 43.3 Å². The van der Waals surface area contributed by atoms with Gasteiger partial charge in [-0.05, 0) is 60.1 Å². The SMILES string of the molecule is Cc1cc(/C=N/NC(=O)c2ccccc2Br)c(C)n1-c1ccccc1. The minimum Gasteiger partial charge on any atom is -0.318 e. The maximum atomic E-state index is 12.2. The van der Waals surface area contributed by atoms with Crippen LogP contribution in [-0.2, 0) is 0 Å². The molecule has 1 heterocycles. The number of amides is 1. The van der Waals surface area contributed by atoms with Gasteiger partial charge in [0.2, 0.25) is 0 Å². The summed E-state index contributed by atoms with van der Waals surface area (Å²) in [6, 6.07) is 19.5. The molecule has 0 aliphatic heterocycles. The van der Waals surface area contributed by atoms with Crippen molar-refractivity contribution < 1.29 is 4.79 Å².